The van der Waals surface area contributed by atoms with E-state index in [0.717, 1.165) is 0 Å². The number of nitrogens with zero attached hydrogens (tertiary/aromatic N) is 3. The molecule has 1 aromatic rings. The molecule has 15 heavy (non-hydrogen) atoms. The summed E-state index contributed by atoms with van der Waals surface area (Å²) < 4.78 is 1.41. The van der Waals surface area contributed by atoms with Crippen molar-refractivity contribution in [3.05, 3.63) is 22.5 Å². The highest BCUT2D eigenvalue weighted by Gasteiger charge is 2.24. The van der Waals surface area contributed by atoms with E-state index in [0.29, 0.717) is 12.8 Å². The summed E-state index contributed by atoms with van der Waals surface area (Å²) in [7, 11) is 0. The molecule has 6 nitrogen and oxygen atoms in total. The lowest BCUT2D eigenvalue weighted by atomic mass is 9.98. The third-order valence-corrected chi connectivity index (χ3v) is 2.60. The van der Waals surface area contributed by atoms with Crippen molar-refractivity contribution in [2.75, 3.05) is 0 Å². The van der Waals surface area contributed by atoms with Crippen LogP contribution in [0, 0.1) is 10.1 Å². The quantitative estimate of drug-likeness (QED) is 0.591. The Morgan fingerprint density at radius 1 is 1.60 bits per heavy atom. The number of hydrogen-bond donors (Lipinski definition) is 1. The molecule has 0 bridgehead atoms. The van der Waals surface area contributed by atoms with Crippen LogP contribution in [0.5, 0.6) is 0 Å². The van der Waals surface area contributed by atoms with Crippen molar-refractivity contribution in [1.82, 2.24) is 9.78 Å². The summed E-state index contributed by atoms with van der Waals surface area (Å²) in [6.45, 7) is 4.04. The lowest BCUT2D eigenvalue weighted by Crippen LogP contribution is -2.32. The Balaban J connectivity index is 2.76. The molecule has 0 aliphatic carbocycles. The highest BCUT2D eigenvalue weighted by molar-refractivity contribution is 5.20. The van der Waals surface area contributed by atoms with Crippen LogP contribution in [0.3, 0.4) is 0 Å². The SMILES string of the molecule is CCC(O)(CC)Cn1cc([N+](=O)[O-])cn1. The van der Waals surface area contributed by atoms with Gasteiger partial charge in [0.05, 0.1) is 17.1 Å². The summed E-state index contributed by atoms with van der Waals surface area (Å²) in [6, 6.07) is 0. The van der Waals surface area contributed by atoms with Crippen LogP contribution in [-0.4, -0.2) is 25.4 Å². The zero-order valence-corrected chi connectivity index (χ0v) is 8.88. The molecule has 0 fully saturated rings. The molecule has 6 heteroatoms. The van der Waals surface area contributed by atoms with E-state index in [1.54, 1.807) is 0 Å². The van der Waals surface area contributed by atoms with E-state index < -0.39 is 10.5 Å². The molecule has 0 aromatic carbocycles. The van der Waals surface area contributed by atoms with Crippen molar-refractivity contribution in [3.63, 3.8) is 0 Å². The Bertz CT molecular complexity index is 344. The van der Waals surface area contributed by atoms with Gasteiger partial charge >= 0.3 is 5.69 Å². The van der Waals surface area contributed by atoms with Crippen LogP contribution in [0.2, 0.25) is 0 Å². The van der Waals surface area contributed by atoms with Gasteiger partial charge in [-0.3, -0.25) is 14.8 Å². The normalized spacial score (nSPS) is 11.7. The lowest BCUT2D eigenvalue weighted by molar-refractivity contribution is -0.385. The summed E-state index contributed by atoms with van der Waals surface area (Å²) in [5.74, 6) is 0. The predicted octanol–water partition coefficient (Wildman–Crippen LogP) is 1.34. The van der Waals surface area contributed by atoms with Gasteiger partial charge in [0.15, 0.2) is 0 Å². The van der Waals surface area contributed by atoms with Crippen LogP contribution in [0.25, 0.3) is 0 Å². The van der Waals surface area contributed by atoms with E-state index in [1.807, 2.05) is 13.8 Å². The smallest absolute Gasteiger partial charge is 0.306 e. The van der Waals surface area contributed by atoms with Crippen LogP contribution in [0.15, 0.2) is 12.4 Å². The second-order valence-electron chi connectivity index (χ2n) is 3.58. The Labute approximate surface area is 87.7 Å². The molecule has 0 saturated heterocycles. The standard InChI is InChI=1S/C9H15N3O3/c1-3-9(13,4-2)7-11-6-8(5-10-11)12(14)15/h5-6,13H,3-4,7H2,1-2H3. The molecule has 0 aliphatic heterocycles. The van der Waals surface area contributed by atoms with Crippen LogP contribution >= 0.6 is 0 Å². The van der Waals surface area contributed by atoms with Gasteiger partial charge in [0.25, 0.3) is 0 Å². The number of rotatable bonds is 5. The monoisotopic (exact) mass is 213 g/mol. The van der Waals surface area contributed by atoms with E-state index in [1.165, 1.54) is 17.1 Å². The molecule has 0 aliphatic rings. The number of hydrogen-bond acceptors (Lipinski definition) is 4. The van der Waals surface area contributed by atoms with Gasteiger partial charge in [-0.05, 0) is 12.8 Å². The Kier molecular flexibility index (Phi) is 3.41. The minimum absolute atomic E-state index is 0.0513. The third-order valence-electron chi connectivity index (χ3n) is 2.60. The molecule has 1 heterocycles. The summed E-state index contributed by atoms with van der Waals surface area (Å²) in [5.41, 5.74) is -0.885. The summed E-state index contributed by atoms with van der Waals surface area (Å²) >= 11 is 0. The van der Waals surface area contributed by atoms with Crippen molar-refractivity contribution in [2.24, 2.45) is 0 Å². The first-order chi connectivity index (χ1) is 7.00. The maximum absolute atomic E-state index is 10.4. The first-order valence-corrected chi connectivity index (χ1v) is 4.90. The summed E-state index contributed by atoms with van der Waals surface area (Å²) in [4.78, 5) is 9.91. The van der Waals surface area contributed by atoms with Crippen LogP contribution in [0.4, 0.5) is 5.69 Å². The van der Waals surface area contributed by atoms with Gasteiger partial charge in [-0.15, -0.1) is 0 Å². The van der Waals surface area contributed by atoms with Gasteiger partial charge in [0, 0.05) is 0 Å². The van der Waals surface area contributed by atoms with Gasteiger partial charge < -0.3 is 5.11 Å². The summed E-state index contributed by atoms with van der Waals surface area (Å²) in [6.07, 6.45) is 3.70. The fourth-order valence-electron chi connectivity index (χ4n) is 1.31. The molecule has 1 aromatic heterocycles. The molecule has 0 unspecified atom stereocenters. The topological polar surface area (TPSA) is 81.2 Å². The minimum Gasteiger partial charge on any atom is -0.388 e. The van der Waals surface area contributed by atoms with Gasteiger partial charge in [-0.25, -0.2) is 0 Å². The van der Waals surface area contributed by atoms with Crippen LogP contribution in [-0.2, 0) is 6.54 Å². The molecule has 0 saturated carbocycles. The number of nitro groups is 1. The van der Waals surface area contributed by atoms with Crippen molar-refractivity contribution in [3.8, 4) is 0 Å². The lowest BCUT2D eigenvalue weighted by Gasteiger charge is -2.24. The van der Waals surface area contributed by atoms with Crippen molar-refractivity contribution in [1.29, 1.82) is 0 Å². The molecule has 0 amide bonds. The maximum atomic E-state index is 10.4. The molecule has 0 spiro atoms. The maximum Gasteiger partial charge on any atom is 0.306 e. The van der Waals surface area contributed by atoms with Gasteiger partial charge in [0.1, 0.15) is 12.4 Å². The average Bonchev–Trinajstić information content (AvgIpc) is 2.66. The van der Waals surface area contributed by atoms with Gasteiger partial charge in [0.2, 0.25) is 0 Å². The fourth-order valence-corrected chi connectivity index (χ4v) is 1.31. The Morgan fingerprint density at radius 2 is 2.20 bits per heavy atom. The average molecular weight is 213 g/mol. The predicted molar refractivity (Wildman–Crippen MR) is 54.4 cm³/mol. The zero-order chi connectivity index (χ0) is 11.5. The Hall–Kier alpha value is -1.43. The minimum atomic E-state index is -0.833. The van der Waals surface area contributed by atoms with Crippen LogP contribution in [0.1, 0.15) is 26.7 Å². The van der Waals surface area contributed by atoms with E-state index in [-0.39, 0.29) is 12.2 Å². The largest absolute Gasteiger partial charge is 0.388 e. The van der Waals surface area contributed by atoms with Gasteiger partial charge in [-0.2, -0.15) is 5.10 Å². The molecule has 0 atom stereocenters. The Morgan fingerprint density at radius 3 is 2.60 bits per heavy atom. The molecule has 1 rings (SSSR count). The second-order valence-corrected chi connectivity index (χ2v) is 3.58. The zero-order valence-electron chi connectivity index (χ0n) is 8.88. The second kappa shape index (κ2) is 4.39. The van der Waals surface area contributed by atoms with Crippen molar-refractivity contribution in [2.45, 2.75) is 38.8 Å². The fraction of sp³-hybridized carbons (Fsp3) is 0.667. The highest BCUT2D eigenvalue weighted by Crippen LogP contribution is 2.18. The first kappa shape index (κ1) is 11.6. The number of aromatic nitrogens is 2. The van der Waals surface area contributed by atoms with Crippen molar-refractivity contribution < 1.29 is 10.0 Å². The number of aliphatic hydroxyl groups is 1. The van der Waals surface area contributed by atoms with E-state index in [2.05, 4.69) is 5.10 Å². The van der Waals surface area contributed by atoms with E-state index >= 15 is 0 Å². The van der Waals surface area contributed by atoms with E-state index in [9.17, 15) is 15.2 Å². The molecule has 0 radical (unpaired) electrons. The van der Waals surface area contributed by atoms with Gasteiger partial charge in [-0.1, -0.05) is 13.8 Å². The van der Waals surface area contributed by atoms with Crippen molar-refractivity contribution >= 4 is 5.69 Å². The first-order valence-electron chi connectivity index (χ1n) is 4.90. The molecular formula is C9H15N3O3. The third kappa shape index (κ3) is 2.76. The van der Waals surface area contributed by atoms with E-state index in [4.69, 9.17) is 0 Å². The summed E-state index contributed by atoms with van der Waals surface area (Å²) in [5, 5.41) is 24.2. The molecule has 1 N–H and O–H groups in total. The highest BCUT2D eigenvalue weighted by atomic mass is 16.6. The molecular weight excluding hydrogens is 198 g/mol. The molecule has 84 valence electrons. The van der Waals surface area contributed by atoms with Crippen LogP contribution < -0.4 is 0 Å².